The zero-order chi connectivity index (χ0) is 12.9. The van der Waals surface area contributed by atoms with E-state index in [1.165, 1.54) is 31.7 Å². The lowest BCUT2D eigenvalue weighted by Gasteiger charge is -2.21. The summed E-state index contributed by atoms with van der Waals surface area (Å²) in [6, 6.07) is 1.85. The SMILES string of the molecule is Nc1cc(N)c(NC(C2CC2)C2CC2)c(F)c1Cl. The molecular formula is C13H17ClFN3. The summed E-state index contributed by atoms with van der Waals surface area (Å²) in [5.74, 6) is 0.792. The zero-order valence-corrected chi connectivity index (χ0v) is 10.8. The smallest absolute Gasteiger partial charge is 0.169 e. The van der Waals surface area contributed by atoms with Crippen LogP contribution in [-0.2, 0) is 0 Å². The van der Waals surface area contributed by atoms with E-state index in [2.05, 4.69) is 5.32 Å². The Morgan fingerprint density at radius 3 is 2.22 bits per heavy atom. The molecule has 0 saturated heterocycles. The van der Waals surface area contributed by atoms with Crippen molar-refractivity contribution in [3.63, 3.8) is 0 Å². The van der Waals surface area contributed by atoms with Gasteiger partial charge in [0.15, 0.2) is 5.82 Å². The van der Waals surface area contributed by atoms with E-state index in [-0.39, 0.29) is 10.7 Å². The number of hydrogen-bond acceptors (Lipinski definition) is 3. The Kier molecular flexibility index (Phi) is 2.77. The highest BCUT2D eigenvalue weighted by Crippen LogP contribution is 2.47. The molecule has 2 aliphatic carbocycles. The van der Waals surface area contributed by atoms with Gasteiger partial charge >= 0.3 is 0 Å². The van der Waals surface area contributed by atoms with E-state index in [4.69, 9.17) is 23.1 Å². The molecule has 2 aliphatic rings. The molecule has 0 radical (unpaired) electrons. The lowest BCUT2D eigenvalue weighted by Crippen LogP contribution is -2.25. The van der Waals surface area contributed by atoms with Crippen LogP contribution in [0.4, 0.5) is 21.5 Å². The fourth-order valence-electron chi connectivity index (χ4n) is 2.51. The summed E-state index contributed by atoms with van der Waals surface area (Å²) < 4.78 is 14.1. The lowest BCUT2D eigenvalue weighted by molar-refractivity contribution is 0.558. The molecule has 0 atom stereocenters. The van der Waals surface area contributed by atoms with Gasteiger partial charge in [0.25, 0.3) is 0 Å². The van der Waals surface area contributed by atoms with Crippen LogP contribution in [0.15, 0.2) is 6.07 Å². The van der Waals surface area contributed by atoms with Gasteiger partial charge < -0.3 is 16.8 Å². The fraction of sp³-hybridized carbons (Fsp3) is 0.538. The first-order chi connectivity index (χ1) is 8.58. The Morgan fingerprint density at radius 1 is 1.17 bits per heavy atom. The van der Waals surface area contributed by atoms with Crippen LogP contribution in [0.3, 0.4) is 0 Å². The van der Waals surface area contributed by atoms with Gasteiger partial charge in [-0.25, -0.2) is 4.39 Å². The maximum atomic E-state index is 14.1. The van der Waals surface area contributed by atoms with Gasteiger partial charge in [-0.05, 0) is 43.6 Å². The van der Waals surface area contributed by atoms with E-state index >= 15 is 0 Å². The molecule has 98 valence electrons. The summed E-state index contributed by atoms with van der Waals surface area (Å²) in [7, 11) is 0. The van der Waals surface area contributed by atoms with Crippen molar-refractivity contribution >= 4 is 28.7 Å². The van der Waals surface area contributed by atoms with Crippen molar-refractivity contribution in [2.45, 2.75) is 31.7 Å². The standard InChI is InChI=1S/C13H17ClFN3/c14-10-8(16)5-9(17)13(11(10)15)18-12(6-1-2-6)7-3-4-7/h5-7,12,18H,1-4,16-17H2. The normalized spacial score (nSPS) is 19.3. The molecule has 0 heterocycles. The first-order valence-electron chi connectivity index (χ1n) is 6.37. The number of hydrogen-bond donors (Lipinski definition) is 3. The molecule has 1 aromatic rings. The molecule has 3 rings (SSSR count). The number of nitrogens with two attached hydrogens (primary N) is 2. The van der Waals surface area contributed by atoms with Crippen LogP contribution in [0.5, 0.6) is 0 Å². The number of nitrogens with one attached hydrogen (secondary N) is 1. The van der Waals surface area contributed by atoms with E-state index in [9.17, 15) is 4.39 Å². The second-order valence-corrected chi connectivity index (χ2v) is 5.78. The van der Waals surface area contributed by atoms with Crippen molar-refractivity contribution in [1.82, 2.24) is 0 Å². The first kappa shape index (κ1) is 11.9. The molecule has 5 heteroatoms. The minimum absolute atomic E-state index is 0.0444. The Hall–Kier alpha value is -1.16. The summed E-state index contributed by atoms with van der Waals surface area (Å²) in [6.45, 7) is 0. The van der Waals surface area contributed by atoms with E-state index in [0.717, 1.165) is 0 Å². The summed E-state index contributed by atoms with van der Waals surface area (Å²) in [5, 5.41) is 3.22. The number of benzene rings is 1. The monoisotopic (exact) mass is 269 g/mol. The van der Waals surface area contributed by atoms with Gasteiger partial charge in [-0.3, -0.25) is 0 Å². The van der Waals surface area contributed by atoms with E-state index in [1.54, 1.807) is 0 Å². The molecule has 18 heavy (non-hydrogen) atoms. The van der Waals surface area contributed by atoms with Gasteiger partial charge in [0, 0.05) is 6.04 Å². The molecule has 2 fully saturated rings. The van der Waals surface area contributed by atoms with Crippen molar-refractivity contribution < 1.29 is 4.39 Å². The van der Waals surface area contributed by atoms with Crippen LogP contribution in [0.1, 0.15) is 25.7 Å². The number of anilines is 3. The molecule has 5 N–H and O–H groups in total. The molecule has 3 nitrogen and oxygen atoms in total. The van der Waals surface area contributed by atoms with Crippen LogP contribution >= 0.6 is 11.6 Å². The second kappa shape index (κ2) is 4.19. The number of halogens is 2. The molecule has 0 spiro atoms. The van der Waals surface area contributed by atoms with Gasteiger partial charge in [-0.2, -0.15) is 0 Å². The maximum absolute atomic E-state index is 14.1. The van der Waals surface area contributed by atoms with Crippen molar-refractivity contribution in [2.75, 3.05) is 16.8 Å². The Balaban J connectivity index is 1.89. The van der Waals surface area contributed by atoms with Crippen LogP contribution in [0, 0.1) is 17.7 Å². The quantitative estimate of drug-likeness (QED) is 0.735. The molecule has 2 saturated carbocycles. The van der Waals surface area contributed by atoms with Crippen LogP contribution in [0.2, 0.25) is 5.02 Å². The molecular weight excluding hydrogens is 253 g/mol. The second-order valence-electron chi connectivity index (χ2n) is 5.40. The van der Waals surface area contributed by atoms with Crippen LogP contribution in [-0.4, -0.2) is 6.04 Å². The topological polar surface area (TPSA) is 64.1 Å². The van der Waals surface area contributed by atoms with Crippen molar-refractivity contribution in [3.8, 4) is 0 Å². The Morgan fingerprint density at radius 2 is 1.72 bits per heavy atom. The van der Waals surface area contributed by atoms with Gasteiger partial charge in [0.1, 0.15) is 5.02 Å². The predicted octanol–water partition coefficient (Wildman–Crippen LogP) is 3.24. The van der Waals surface area contributed by atoms with Gasteiger partial charge in [-0.1, -0.05) is 11.6 Å². The largest absolute Gasteiger partial charge is 0.397 e. The molecule has 0 bridgehead atoms. The maximum Gasteiger partial charge on any atom is 0.169 e. The van der Waals surface area contributed by atoms with Crippen LogP contribution < -0.4 is 16.8 Å². The summed E-state index contributed by atoms with van der Waals surface area (Å²) in [4.78, 5) is 0. The molecule has 0 amide bonds. The van der Waals surface area contributed by atoms with Crippen molar-refractivity contribution in [3.05, 3.63) is 16.9 Å². The third-order valence-corrected chi connectivity index (χ3v) is 4.22. The molecule has 0 aromatic heterocycles. The zero-order valence-electron chi connectivity index (χ0n) is 10.0. The van der Waals surface area contributed by atoms with E-state index in [1.807, 2.05) is 0 Å². The van der Waals surface area contributed by atoms with Gasteiger partial charge in [-0.15, -0.1) is 0 Å². The summed E-state index contributed by atoms with van der Waals surface area (Å²) >= 11 is 5.83. The van der Waals surface area contributed by atoms with Crippen molar-refractivity contribution in [1.29, 1.82) is 0 Å². The molecule has 0 unspecified atom stereocenters. The van der Waals surface area contributed by atoms with E-state index in [0.29, 0.717) is 29.3 Å². The van der Waals surface area contributed by atoms with Crippen LogP contribution in [0.25, 0.3) is 0 Å². The average Bonchev–Trinajstić information content (AvgIpc) is 3.17. The number of rotatable bonds is 4. The third-order valence-electron chi connectivity index (χ3n) is 3.84. The fourth-order valence-corrected chi connectivity index (χ4v) is 2.66. The Labute approximate surface area is 111 Å². The minimum atomic E-state index is -0.527. The first-order valence-corrected chi connectivity index (χ1v) is 6.75. The lowest BCUT2D eigenvalue weighted by atomic mass is 10.1. The third kappa shape index (κ3) is 2.09. The number of nitrogen functional groups attached to an aromatic ring is 2. The highest BCUT2D eigenvalue weighted by Gasteiger charge is 2.42. The highest BCUT2D eigenvalue weighted by molar-refractivity contribution is 6.33. The minimum Gasteiger partial charge on any atom is -0.397 e. The van der Waals surface area contributed by atoms with E-state index < -0.39 is 5.82 Å². The molecule has 0 aliphatic heterocycles. The van der Waals surface area contributed by atoms with Gasteiger partial charge in [0.2, 0.25) is 0 Å². The average molecular weight is 270 g/mol. The summed E-state index contributed by atoms with van der Waals surface area (Å²) in [5.41, 5.74) is 12.3. The highest BCUT2D eigenvalue weighted by atomic mass is 35.5. The predicted molar refractivity (Wildman–Crippen MR) is 73.1 cm³/mol. The Bertz CT molecular complexity index is 472. The van der Waals surface area contributed by atoms with Crippen molar-refractivity contribution in [2.24, 2.45) is 11.8 Å². The summed E-state index contributed by atoms with van der Waals surface area (Å²) in [6.07, 6.45) is 4.88. The molecule has 1 aromatic carbocycles. The van der Waals surface area contributed by atoms with Gasteiger partial charge in [0.05, 0.1) is 17.1 Å².